The molecule has 49 heavy (non-hydrogen) atoms. The molecular formula is C45H29N3S. The summed E-state index contributed by atoms with van der Waals surface area (Å²) in [5.41, 5.74) is 6.22. The van der Waals surface area contributed by atoms with Crippen molar-refractivity contribution in [2.75, 3.05) is 0 Å². The van der Waals surface area contributed by atoms with E-state index >= 15 is 0 Å². The van der Waals surface area contributed by atoms with Crippen molar-refractivity contribution in [3.05, 3.63) is 162 Å². The van der Waals surface area contributed by atoms with Crippen LogP contribution in [0.25, 0.3) is 69.6 Å². The molecule has 3 nitrogen and oxygen atoms in total. The highest BCUT2D eigenvalue weighted by atomic mass is 32.1. The van der Waals surface area contributed by atoms with Crippen LogP contribution in [0.1, 0.15) is 29.7 Å². The van der Waals surface area contributed by atoms with Crippen LogP contribution >= 0.6 is 11.3 Å². The number of aromatic nitrogens is 1. The summed E-state index contributed by atoms with van der Waals surface area (Å²) in [5, 5.41) is 10.1. The van der Waals surface area contributed by atoms with E-state index in [-0.39, 0.29) is 6.04 Å². The van der Waals surface area contributed by atoms with Gasteiger partial charge in [0, 0.05) is 31.8 Å². The highest BCUT2D eigenvalue weighted by Gasteiger charge is 2.42. The summed E-state index contributed by atoms with van der Waals surface area (Å²) < 4.78 is 5.02. The Morgan fingerprint density at radius 1 is 0.653 bits per heavy atom. The van der Waals surface area contributed by atoms with Gasteiger partial charge < -0.3 is 0 Å². The third-order valence-corrected chi connectivity index (χ3v) is 11.8. The minimum atomic E-state index is -0.531. The van der Waals surface area contributed by atoms with Gasteiger partial charge in [-0.2, -0.15) is 0 Å². The Balaban J connectivity index is 1.33. The van der Waals surface area contributed by atoms with Gasteiger partial charge in [0.05, 0.1) is 15.7 Å². The molecular weight excluding hydrogens is 615 g/mol. The van der Waals surface area contributed by atoms with Crippen LogP contribution in [0.3, 0.4) is 0 Å². The van der Waals surface area contributed by atoms with E-state index in [0.29, 0.717) is 0 Å². The monoisotopic (exact) mass is 643 g/mol. The Hall–Kier alpha value is -5.84. The normalized spacial score (nSPS) is 18.8. The van der Waals surface area contributed by atoms with Gasteiger partial charge in [-0.15, -0.1) is 11.3 Å². The SMILES string of the molecule is CC12C=Cc3ccccc3C1N=C(n1c3ccccc3c3c4ccccc4c4c5ccccc5sc4c31)C(c1ccc3ccccc3c1)=N2. The smallest absolute Gasteiger partial charge is 0.160 e. The molecule has 2 atom stereocenters. The summed E-state index contributed by atoms with van der Waals surface area (Å²) in [6.07, 6.45) is 4.48. The average Bonchev–Trinajstić information content (AvgIpc) is 3.71. The van der Waals surface area contributed by atoms with Crippen LogP contribution in [-0.4, -0.2) is 21.7 Å². The summed E-state index contributed by atoms with van der Waals surface area (Å²) in [5.74, 6) is 0.892. The van der Waals surface area contributed by atoms with Crippen LogP contribution in [0.2, 0.25) is 0 Å². The van der Waals surface area contributed by atoms with Crippen LogP contribution in [-0.2, 0) is 0 Å². The van der Waals surface area contributed by atoms with Crippen molar-refractivity contribution >= 4 is 92.5 Å². The second-order valence-corrected chi connectivity index (χ2v) is 14.5. The zero-order valence-electron chi connectivity index (χ0n) is 26.8. The van der Waals surface area contributed by atoms with E-state index in [1.54, 1.807) is 0 Å². The van der Waals surface area contributed by atoms with Gasteiger partial charge in [-0.05, 0) is 57.8 Å². The number of nitrogens with zero attached hydrogens (tertiary/aromatic N) is 3. The van der Waals surface area contributed by atoms with Crippen molar-refractivity contribution in [1.29, 1.82) is 0 Å². The summed E-state index contributed by atoms with van der Waals surface area (Å²) in [7, 11) is 0. The zero-order chi connectivity index (χ0) is 32.3. The van der Waals surface area contributed by atoms with Crippen LogP contribution in [0, 0.1) is 0 Å². The van der Waals surface area contributed by atoms with E-state index in [9.17, 15) is 0 Å². The fourth-order valence-corrected chi connectivity index (χ4v) is 9.65. The highest BCUT2D eigenvalue weighted by molar-refractivity contribution is 7.27. The molecule has 0 spiro atoms. The summed E-state index contributed by atoms with van der Waals surface area (Å²) >= 11 is 1.88. The fraction of sp³-hybridized carbons (Fsp3) is 0.0667. The minimum Gasteiger partial charge on any atom is -0.291 e. The lowest BCUT2D eigenvalue weighted by molar-refractivity contribution is 0.467. The second-order valence-electron chi connectivity index (χ2n) is 13.5. The Labute approximate surface area is 286 Å². The van der Waals surface area contributed by atoms with E-state index in [1.807, 2.05) is 11.3 Å². The lowest BCUT2D eigenvalue weighted by Gasteiger charge is -2.38. The van der Waals surface area contributed by atoms with Gasteiger partial charge in [-0.25, -0.2) is 0 Å². The first-order chi connectivity index (χ1) is 24.2. The second kappa shape index (κ2) is 9.85. The van der Waals surface area contributed by atoms with Crippen molar-refractivity contribution < 1.29 is 0 Å². The molecule has 3 heterocycles. The first-order valence-electron chi connectivity index (χ1n) is 16.9. The Kier molecular flexibility index (Phi) is 5.46. The van der Waals surface area contributed by atoms with Gasteiger partial charge in [0.25, 0.3) is 0 Å². The van der Waals surface area contributed by atoms with Crippen molar-refractivity contribution in [1.82, 2.24) is 4.57 Å². The van der Waals surface area contributed by atoms with Crippen LogP contribution in [0.4, 0.5) is 0 Å². The number of hydrogen-bond acceptors (Lipinski definition) is 3. The standard InChI is InChI=1S/C45H29N3S/c1-45-25-24-28-13-4-5-15-31(28)43(45)46-44(40(47-45)30-23-22-27-12-2-3-14-29(27)26-30)48-36-20-10-8-18-34(36)38-32-16-6-7-17-33(32)39-35-19-9-11-21-37(35)49-42(39)41(38)48/h2-26,43H,1H3. The van der Waals surface area contributed by atoms with Crippen LogP contribution in [0.5, 0.6) is 0 Å². The zero-order valence-corrected chi connectivity index (χ0v) is 27.6. The van der Waals surface area contributed by atoms with E-state index in [1.165, 1.54) is 69.1 Å². The third kappa shape index (κ3) is 3.72. The minimum absolute atomic E-state index is 0.164. The van der Waals surface area contributed by atoms with E-state index in [4.69, 9.17) is 9.98 Å². The van der Waals surface area contributed by atoms with Gasteiger partial charge in [-0.1, -0.05) is 133 Å². The molecule has 1 aliphatic carbocycles. The first kappa shape index (κ1) is 27.1. The molecule has 230 valence electrons. The van der Waals surface area contributed by atoms with Crippen LogP contribution < -0.4 is 0 Å². The van der Waals surface area contributed by atoms with E-state index < -0.39 is 5.54 Å². The molecule has 0 amide bonds. The number of rotatable bonds is 1. The Morgan fingerprint density at radius 3 is 2.22 bits per heavy atom. The lowest BCUT2D eigenvalue weighted by atomic mass is 9.79. The summed E-state index contributed by atoms with van der Waals surface area (Å²) in [4.78, 5) is 11.6. The first-order valence-corrected chi connectivity index (χ1v) is 17.7. The maximum Gasteiger partial charge on any atom is 0.160 e. The molecule has 2 aliphatic rings. The van der Waals surface area contributed by atoms with Crippen molar-refractivity contribution in [3.63, 3.8) is 0 Å². The molecule has 0 saturated carbocycles. The molecule has 0 saturated heterocycles. The average molecular weight is 644 g/mol. The van der Waals surface area contributed by atoms with Crippen molar-refractivity contribution in [3.8, 4) is 0 Å². The topological polar surface area (TPSA) is 29.6 Å². The van der Waals surface area contributed by atoms with Gasteiger partial charge in [-0.3, -0.25) is 14.6 Å². The molecule has 9 aromatic rings. The molecule has 4 heteroatoms. The fourth-order valence-electron chi connectivity index (χ4n) is 8.39. The number of fused-ring (bicyclic) bond motifs is 14. The number of benzene rings is 7. The molecule has 2 aromatic heterocycles. The maximum absolute atomic E-state index is 5.84. The molecule has 1 aliphatic heterocycles. The van der Waals surface area contributed by atoms with Gasteiger partial charge in [0.2, 0.25) is 0 Å². The molecule has 7 aromatic carbocycles. The van der Waals surface area contributed by atoms with Gasteiger partial charge in [0.15, 0.2) is 5.84 Å². The number of hydrogen-bond donors (Lipinski definition) is 0. The molecule has 0 fully saturated rings. The Bertz CT molecular complexity index is 2970. The summed E-state index contributed by atoms with van der Waals surface area (Å²) in [6.45, 7) is 2.23. The Morgan fingerprint density at radius 2 is 1.35 bits per heavy atom. The largest absolute Gasteiger partial charge is 0.291 e. The van der Waals surface area contributed by atoms with Crippen LogP contribution in [0.15, 0.2) is 156 Å². The molecule has 0 N–H and O–H groups in total. The lowest BCUT2D eigenvalue weighted by Crippen LogP contribution is -2.40. The predicted octanol–water partition coefficient (Wildman–Crippen LogP) is 11.7. The summed E-state index contributed by atoms with van der Waals surface area (Å²) in [6, 6.07) is 50.4. The predicted molar refractivity (Wildman–Crippen MR) is 210 cm³/mol. The maximum atomic E-state index is 5.84. The molecule has 2 unspecified atom stereocenters. The molecule has 0 radical (unpaired) electrons. The number of aliphatic imine (C=N–C) groups is 2. The molecule has 11 rings (SSSR count). The van der Waals surface area contributed by atoms with Gasteiger partial charge >= 0.3 is 0 Å². The molecule has 0 bridgehead atoms. The van der Waals surface area contributed by atoms with Gasteiger partial charge in [0.1, 0.15) is 17.3 Å². The number of para-hydroxylation sites is 1. The number of thiophene rings is 1. The van der Waals surface area contributed by atoms with E-state index in [0.717, 1.165) is 22.6 Å². The quantitative estimate of drug-likeness (QED) is 0.170. The van der Waals surface area contributed by atoms with E-state index in [2.05, 4.69) is 163 Å². The van der Waals surface area contributed by atoms with Crippen molar-refractivity contribution in [2.24, 2.45) is 9.98 Å². The third-order valence-electron chi connectivity index (χ3n) is 10.6. The van der Waals surface area contributed by atoms with Crippen molar-refractivity contribution in [2.45, 2.75) is 18.5 Å². The highest BCUT2D eigenvalue weighted by Crippen LogP contribution is 2.49.